The number of carbonyl (C=O) groups excluding carboxylic acids is 3. The van der Waals surface area contributed by atoms with E-state index >= 15 is 0 Å². The highest BCUT2D eigenvalue weighted by Gasteiger charge is 2.16. The molecule has 0 radical (unpaired) electrons. The summed E-state index contributed by atoms with van der Waals surface area (Å²) in [5, 5.41) is 0.666. The molecule has 0 aromatic heterocycles. The first-order valence-electron chi connectivity index (χ1n) is 9.42. The van der Waals surface area contributed by atoms with Crippen LogP contribution in [-0.2, 0) is 33.8 Å². The van der Waals surface area contributed by atoms with Crippen LogP contribution in [0.2, 0.25) is 10.0 Å². The molecule has 0 fully saturated rings. The monoisotopic (exact) mass is 463 g/mol. The zero-order valence-electron chi connectivity index (χ0n) is 16.6. The van der Waals surface area contributed by atoms with Crippen molar-refractivity contribution in [2.75, 3.05) is 0 Å². The minimum absolute atomic E-state index is 0.133. The Morgan fingerprint density at radius 2 is 1.12 bits per heavy atom. The summed E-state index contributed by atoms with van der Waals surface area (Å²) in [4.78, 5) is 43.8. The van der Waals surface area contributed by atoms with E-state index in [1.807, 2.05) is 30.3 Å². The van der Waals surface area contributed by atoms with Crippen molar-refractivity contribution in [1.82, 2.24) is 0 Å². The Morgan fingerprint density at radius 1 is 0.625 bits per heavy atom. The predicted octanol–water partition coefficient (Wildman–Crippen LogP) is 5.95. The van der Waals surface area contributed by atoms with E-state index in [1.165, 1.54) is 6.08 Å². The first-order valence-corrected chi connectivity index (χ1v) is 10.2. The SMILES string of the molecule is O=C=NCc1cccc(Cc2cccc(Cl)c2N=C=O)c1Cc1cccc(Cl)c1N=C=O. The number of aliphatic imine (C=N–C) groups is 3. The highest BCUT2D eigenvalue weighted by Crippen LogP contribution is 2.34. The van der Waals surface area contributed by atoms with Crippen molar-refractivity contribution in [2.45, 2.75) is 19.4 Å². The van der Waals surface area contributed by atoms with E-state index in [1.54, 1.807) is 36.4 Å². The number of hydrogen-bond donors (Lipinski definition) is 0. The molecule has 3 rings (SSSR count). The average molecular weight is 464 g/mol. The maximum atomic E-state index is 10.9. The van der Waals surface area contributed by atoms with Gasteiger partial charge in [-0.25, -0.2) is 19.4 Å². The third kappa shape index (κ3) is 5.35. The topological polar surface area (TPSA) is 88.3 Å². The van der Waals surface area contributed by atoms with Crippen molar-refractivity contribution in [2.24, 2.45) is 15.0 Å². The Balaban J connectivity index is 2.15. The van der Waals surface area contributed by atoms with Crippen LogP contribution in [0, 0.1) is 0 Å². The van der Waals surface area contributed by atoms with Crippen LogP contribution in [0.3, 0.4) is 0 Å². The fourth-order valence-corrected chi connectivity index (χ4v) is 3.96. The molecule has 0 amide bonds. The van der Waals surface area contributed by atoms with Gasteiger partial charge in [-0.2, -0.15) is 9.98 Å². The highest BCUT2D eigenvalue weighted by molar-refractivity contribution is 6.33. The van der Waals surface area contributed by atoms with E-state index < -0.39 is 0 Å². The quantitative estimate of drug-likeness (QED) is 0.305. The largest absolute Gasteiger partial charge is 0.240 e. The minimum atomic E-state index is 0.133. The first-order chi connectivity index (χ1) is 15.6. The molecule has 3 aromatic rings. The second kappa shape index (κ2) is 11.1. The number of benzene rings is 3. The number of isocyanates is 3. The molecule has 0 unspecified atom stereocenters. The Kier molecular flexibility index (Phi) is 8.02. The van der Waals surface area contributed by atoms with Gasteiger partial charge < -0.3 is 0 Å². The van der Waals surface area contributed by atoms with Crippen molar-refractivity contribution in [3.05, 3.63) is 92.5 Å². The van der Waals surface area contributed by atoms with Crippen molar-refractivity contribution >= 4 is 52.8 Å². The fraction of sp³-hybridized carbons (Fsp3) is 0.125. The van der Waals surface area contributed by atoms with Crippen LogP contribution in [-0.4, -0.2) is 18.2 Å². The molecule has 0 N–H and O–H groups in total. The third-order valence-electron chi connectivity index (χ3n) is 4.89. The summed E-state index contributed by atoms with van der Waals surface area (Å²) in [7, 11) is 0. The van der Waals surface area contributed by atoms with Crippen LogP contribution in [0.1, 0.15) is 27.8 Å². The van der Waals surface area contributed by atoms with Gasteiger partial charge >= 0.3 is 0 Å². The molecule has 6 nitrogen and oxygen atoms in total. The van der Waals surface area contributed by atoms with Gasteiger partial charge in [-0.05, 0) is 46.4 Å². The molecule has 0 aliphatic carbocycles. The van der Waals surface area contributed by atoms with Crippen molar-refractivity contribution in [3.8, 4) is 0 Å². The van der Waals surface area contributed by atoms with Gasteiger partial charge in [0, 0.05) is 6.42 Å². The normalized spacial score (nSPS) is 9.94. The maximum Gasteiger partial charge on any atom is 0.240 e. The summed E-state index contributed by atoms with van der Waals surface area (Å²) in [5.41, 5.74) is 4.69. The molecule has 0 spiro atoms. The lowest BCUT2D eigenvalue weighted by atomic mass is 9.90. The van der Waals surface area contributed by atoms with Crippen LogP contribution >= 0.6 is 23.2 Å². The van der Waals surface area contributed by atoms with Crippen molar-refractivity contribution in [1.29, 1.82) is 0 Å². The molecular weight excluding hydrogens is 449 g/mol. The van der Waals surface area contributed by atoms with Crippen LogP contribution in [0.25, 0.3) is 0 Å². The maximum absolute atomic E-state index is 10.9. The van der Waals surface area contributed by atoms with E-state index in [0.29, 0.717) is 39.8 Å². The smallest absolute Gasteiger partial charge is 0.211 e. The van der Waals surface area contributed by atoms with E-state index in [4.69, 9.17) is 23.2 Å². The molecule has 0 saturated heterocycles. The fourth-order valence-electron chi connectivity index (χ4n) is 3.49. The summed E-state index contributed by atoms with van der Waals surface area (Å²) in [6, 6.07) is 16.1. The third-order valence-corrected chi connectivity index (χ3v) is 5.50. The van der Waals surface area contributed by atoms with Gasteiger partial charge in [0.1, 0.15) is 0 Å². The lowest BCUT2D eigenvalue weighted by Crippen LogP contribution is -2.03. The van der Waals surface area contributed by atoms with Crippen molar-refractivity contribution < 1.29 is 14.4 Å². The summed E-state index contributed by atoms with van der Waals surface area (Å²) < 4.78 is 0. The molecular formula is C24H15Cl2N3O3. The molecule has 0 atom stereocenters. The molecule has 0 saturated carbocycles. The Bertz CT molecular complexity index is 1300. The van der Waals surface area contributed by atoms with Crippen LogP contribution in [0.15, 0.2) is 69.6 Å². The summed E-state index contributed by atoms with van der Waals surface area (Å²) >= 11 is 12.5. The van der Waals surface area contributed by atoms with Crippen LogP contribution in [0.5, 0.6) is 0 Å². The Morgan fingerprint density at radius 3 is 1.69 bits per heavy atom. The molecule has 32 heavy (non-hydrogen) atoms. The molecule has 0 aliphatic heterocycles. The first kappa shape index (κ1) is 23.1. The zero-order valence-corrected chi connectivity index (χ0v) is 18.2. The van der Waals surface area contributed by atoms with E-state index in [2.05, 4.69) is 15.0 Å². The molecule has 8 heteroatoms. The predicted molar refractivity (Wildman–Crippen MR) is 122 cm³/mol. The average Bonchev–Trinajstić information content (AvgIpc) is 2.78. The van der Waals surface area contributed by atoms with Gasteiger partial charge in [-0.1, -0.05) is 65.7 Å². The summed E-state index contributed by atoms with van der Waals surface area (Å²) in [6.45, 7) is 0.133. The lowest BCUT2D eigenvalue weighted by Gasteiger charge is -2.16. The molecule has 0 bridgehead atoms. The molecule has 0 heterocycles. The van der Waals surface area contributed by atoms with Gasteiger partial charge in [0.2, 0.25) is 18.2 Å². The number of rotatable bonds is 8. The second-order valence-electron chi connectivity index (χ2n) is 6.72. The number of halogens is 2. The lowest BCUT2D eigenvalue weighted by molar-refractivity contribution is 0.562. The molecule has 3 aromatic carbocycles. The van der Waals surface area contributed by atoms with Crippen molar-refractivity contribution in [3.63, 3.8) is 0 Å². The van der Waals surface area contributed by atoms with Gasteiger partial charge in [0.15, 0.2) is 0 Å². The summed E-state index contributed by atoms with van der Waals surface area (Å²) in [5.74, 6) is 0. The van der Waals surface area contributed by atoms with Gasteiger partial charge in [0.25, 0.3) is 0 Å². The molecule has 158 valence electrons. The van der Waals surface area contributed by atoms with Gasteiger partial charge in [0.05, 0.1) is 28.0 Å². The van der Waals surface area contributed by atoms with E-state index in [9.17, 15) is 14.4 Å². The van der Waals surface area contributed by atoms with Crippen LogP contribution in [0.4, 0.5) is 11.4 Å². The number of para-hydroxylation sites is 2. The Labute approximate surface area is 194 Å². The highest BCUT2D eigenvalue weighted by atomic mass is 35.5. The van der Waals surface area contributed by atoms with Crippen LogP contribution < -0.4 is 0 Å². The molecule has 0 aliphatic rings. The van der Waals surface area contributed by atoms with E-state index in [-0.39, 0.29) is 6.54 Å². The van der Waals surface area contributed by atoms with Gasteiger partial charge in [-0.15, -0.1) is 0 Å². The summed E-state index contributed by atoms with van der Waals surface area (Å²) in [6.07, 6.45) is 5.41. The Hall–Kier alpha value is -3.62. The standard InChI is InChI=1S/C24H15Cl2N3O3/c25-21-8-2-5-17(23(21)28-14-31)10-16-4-1-7-19(12-27-13-30)20(16)11-18-6-3-9-22(26)24(18)29-15-32/h1-9H,10-12H2. The number of nitrogens with zero attached hydrogens (tertiary/aromatic N) is 3. The van der Waals surface area contributed by atoms with E-state index in [0.717, 1.165) is 22.3 Å². The van der Waals surface area contributed by atoms with Gasteiger partial charge in [-0.3, -0.25) is 0 Å². The second-order valence-corrected chi connectivity index (χ2v) is 7.53. The minimum Gasteiger partial charge on any atom is -0.211 e. The number of hydrogen-bond acceptors (Lipinski definition) is 6. The zero-order chi connectivity index (χ0) is 22.9.